The minimum atomic E-state index is -4.66. The second kappa shape index (κ2) is 10.9. The second-order valence-electron chi connectivity index (χ2n) is 9.69. The number of anilines is 3. The van der Waals surface area contributed by atoms with Gasteiger partial charge in [0, 0.05) is 49.5 Å². The van der Waals surface area contributed by atoms with Crippen LogP contribution in [-0.4, -0.2) is 63.0 Å². The van der Waals surface area contributed by atoms with Gasteiger partial charge in [0.1, 0.15) is 11.9 Å². The monoisotopic (exact) mass is 597 g/mol. The molecule has 2 aliphatic rings. The standard InChI is InChI=1S/C26H27F4N5O3S2/c1-17(35-10-2-3-18-15-19(27)4-9-22(18)35)24(36)34-13-11-33(12-14-34)20-5-7-21(8-6-20)40(37,38)32-25-31-23(16-39-25)26(28,29)30/h4-9,15-17H,2-3,10-14H2,1H3,(H,31,32)/t17-/m0/s1. The first-order valence-corrected chi connectivity index (χ1v) is 15.0. The summed E-state index contributed by atoms with van der Waals surface area (Å²) in [5.41, 5.74) is 1.41. The fourth-order valence-electron chi connectivity index (χ4n) is 5.04. The molecule has 0 spiro atoms. The van der Waals surface area contributed by atoms with Crippen molar-refractivity contribution in [2.45, 2.75) is 36.9 Å². The molecule has 2 aliphatic heterocycles. The molecule has 1 atom stereocenters. The van der Waals surface area contributed by atoms with Crippen LogP contribution in [0.25, 0.3) is 0 Å². The third-order valence-electron chi connectivity index (χ3n) is 7.14. The number of carbonyl (C=O) groups excluding carboxylic acids is 1. The number of fused-ring (bicyclic) bond motifs is 1. The Labute approximate surface area is 233 Å². The molecule has 0 aliphatic carbocycles. The molecule has 8 nitrogen and oxygen atoms in total. The fourth-order valence-corrected chi connectivity index (χ4v) is 7.01. The van der Waals surface area contributed by atoms with Crippen molar-refractivity contribution in [3.8, 4) is 0 Å². The van der Waals surface area contributed by atoms with E-state index in [2.05, 4.69) is 9.71 Å². The molecule has 1 aromatic heterocycles. The van der Waals surface area contributed by atoms with Gasteiger partial charge in [-0.3, -0.25) is 9.52 Å². The number of nitrogens with one attached hydrogen (secondary N) is 1. The van der Waals surface area contributed by atoms with Gasteiger partial charge >= 0.3 is 6.18 Å². The Bertz CT molecular complexity index is 1490. The van der Waals surface area contributed by atoms with E-state index in [0.717, 1.165) is 41.7 Å². The van der Waals surface area contributed by atoms with E-state index in [1.54, 1.807) is 18.2 Å². The summed E-state index contributed by atoms with van der Waals surface area (Å²) in [6.45, 7) is 4.66. The van der Waals surface area contributed by atoms with Gasteiger partial charge in [0.05, 0.1) is 4.90 Å². The third-order valence-corrected chi connectivity index (χ3v) is 9.38. The van der Waals surface area contributed by atoms with Crippen LogP contribution in [0.15, 0.2) is 52.7 Å². The summed E-state index contributed by atoms with van der Waals surface area (Å²) in [7, 11) is -4.12. The number of alkyl halides is 3. The predicted molar refractivity (Wildman–Crippen MR) is 145 cm³/mol. The van der Waals surface area contributed by atoms with Crippen LogP contribution < -0.4 is 14.5 Å². The number of hydrogen-bond donors (Lipinski definition) is 1. The highest BCUT2D eigenvalue weighted by Crippen LogP contribution is 2.33. The molecule has 1 fully saturated rings. The molecule has 14 heteroatoms. The average molecular weight is 598 g/mol. The fraction of sp³-hybridized carbons (Fsp3) is 0.385. The van der Waals surface area contributed by atoms with Gasteiger partial charge in [0.15, 0.2) is 10.8 Å². The van der Waals surface area contributed by atoms with Gasteiger partial charge in [-0.15, -0.1) is 11.3 Å². The Hall–Kier alpha value is -3.39. The van der Waals surface area contributed by atoms with Crippen LogP contribution in [0.4, 0.5) is 34.1 Å². The van der Waals surface area contributed by atoms with Crippen molar-refractivity contribution < 1.29 is 30.8 Å². The molecule has 1 N–H and O–H groups in total. The van der Waals surface area contributed by atoms with Gasteiger partial charge in [-0.2, -0.15) is 13.2 Å². The molecule has 2 aromatic carbocycles. The van der Waals surface area contributed by atoms with E-state index in [9.17, 15) is 30.8 Å². The maximum atomic E-state index is 13.7. The number of thiazole rings is 1. The maximum absolute atomic E-state index is 13.7. The predicted octanol–water partition coefficient (Wildman–Crippen LogP) is 4.59. The van der Waals surface area contributed by atoms with E-state index in [1.807, 2.05) is 21.6 Å². The lowest BCUT2D eigenvalue weighted by atomic mass is 9.99. The molecule has 214 valence electrons. The first kappa shape index (κ1) is 28.1. The maximum Gasteiger partial charge on any atom is 0.434 e. The van der Waals surface area contributed by atoms with Gasteiger partial charge in [-0.25, -0.2) is 17.8 Å². The van der Waals surface area contributed by atoms with Crippen LogP contribution >= 0.6 is 11.3 Å². The summed E-state index contributed by atoms with van der Waals surface area (Å²) in [6.07, 6.45) is -3.03. The lowest BCUT2D eigenvalue weighted by Gasteiger charge is -2.41. The van der Waals surface area contributed by atoms with Gasteiger partial charge < -0.3 is 14.7 Å². The highest BCUT2D eigenvalue weighted by atomic mass is 32.2. The number of sulfonamides is 1. The smallest absolute Gasteiger partial charge is 0.368 e. The Morgan fingerprint density at radius 2 is 1.75 bits per heavy atom. The molecule has 0 bridgehead atoms. The Morgan fingerprint density at radius 1 is 1.05 bits per heavy atom. The number of aryl methyl sites for hydroxylation is 1. The largest absolute Gasteiger partial charge is 0.434 e. The molecule has 3 heterocycles. The third kappa shape index (κ3) is 5.87. The lowest BCUT2D eigenvalue weighted by Crippen LogP contribution is -2.55. The van der Waals surface area contributed by atoms with Gasteiger partial charge in [-0.05, 0) is 67.8 Å². The number of nitrogens with zero attached hydrogens (tertiary/aromatic N) is 4. The Balaban J connectivity index is 1.18. The highest BCUT2D eigenvalue weighted by molar-refractivity contribution is 7.93. The van der Waals surface area contributed by atoms with Crippen LogP contribution in [0, 0.1) is 5.82 Å². The zero-order valence-electron chi connectivity index (χ0n) is 21.5. The summed E-state index contributed by atoms with van der Waals surface area (Å²) < 4.78 is 79.4. The summed E-state index contributed by atoms with van der Waals surface area (Å²) in [5.74, 6) is -0.281. The summed E-state index contributed by atoms with van der Waals surface area (Å²) in [6, 6.07) is 10.3. The van der Waals surface area contributed by atoms with Crippen molar-refractivity contribution in [3.05, 3.63) is 64.9 Å². The number of rotatable bonds is 6. The zero-order valence-corrected chi connectivity index (χ0v) is 23.1. The molecule has 0 unspecified atom stereocenters. The number of carbonyl (C=O) groups is 1. The number of halogens is 4. The molecule has 5 rings (SSSR count). The number of aromatic nitrogens is 1. The molecule has 1 saturated heterocycles. The molecule has 1 amide bonds. The zero-order chi connectivity index (χ0) is 28.7. The van der Waals surface area contributed by atoms with Crippen LogP contribution in [-0.2, 0) is 27.4 Å². The van der Waals surface area contributed by atoms with Crippen molar-refractivity contribution in [1.82, 2.24) is 9.88 Å². The number of amides is 1. The van der Waals surface area contributed by atoms with Crippen molar-refractivity contribution in [2.75, 3.05) is 47.2 Å². The second-order valence-corrected chi connectivity index (χ2v) is 12.2. The van der Waals surface area contributed by atoms with Crippen molar-refractivity contribution in [2.24, 2.45) is 0 Å². The van der Waals surface area contributed by atoms with Gasteiger partial charge in [0.2, 0.25) is 5.91 Å². The van der Waals surface area contributed by atoms with Gasteiger partial charge in [-0.1, -0.05) is 0 Å². The molecular weight excluding hydrogens is 570 g/mol. The summed E-state index contributed by atoms with van der Waals surface area (Å²) in [5, 5.41) is 0.380. The van der Waals surface area contributed by atoms with Crippen molar-refractivity contribution in [1.29, 1.82) is 0 Å². The summed E-state index contributed by atoms with van der Waals surface area (Å²) in [4.78, 5) is 22.4. The lowest BCUT2D eigenvalue weighted by molar-refractivity contribution is -0.140. The molecule has 0 radical (unpaired) electrons. The van der Waals surface area contributed by atoms with E-state index in [-0.39, 0.29) is 21.8 Å². The Kier molecular flexibility index (Phi) is 7.66. The van der Waals surface area contributed by atoms with Crippen molar-refractivity contribution >= 4 is 43.8 Å². The van der Waals surface area contributed by atoms with E-state index >= 15 is 0 Å². The summed E-state index contributed by atoms with van der Waals surface area (Å²) >= 11 is 0.555. The van der Waals surface area contributed by atoms with Crippen LogP contribution in [0.1, 0.15) is 24.6 Å². The highest BCUT2D eigenvalue weighted by Gasteiger charge is 2.34. The van der Waals surface area contributed by atoms with Crippen LogP contribution in [0.2, 0.25) is 0 Å². The van der Waals surface area contributed by atoms with Crippen LogP contribution in [0.5, 0.6) is 0 Å². The van der Waals surface area contributed by atoms with E-state index in [1.165, 1.54) is 24.3 Å². The van der Waals surface area contributed by atoms with E-state index in [4.69, 9.17) is 0 Å². The van der Waals surface area contributed by atoms with Crippen LogP contribution in [0.3, 0.4) is 0 Å². The quantitative estimate of drug-likeness (QED) is 0.419. The topological polar surface area (TPSA) is 85.8 Å². The number of hydrogen-bond acceptors (Lipinski definition) is 7. The number of piperazine rings is 1. The number of benzene rings is 2. The Morgan fingerprint density at radius 3 is 2.40 bits per heavy atom. The minimum absolute atomic E-state index is 0.000192. The molecule has 40 heavy (non-hydrogen) atoms. The van der Waals surface area contributed by atoms with Gasteiger partial charge in [0.25, 0.3) is 10.0 Å². The molecule has 0 saturated carbocycles. The normalized spacial score (nSPS) is 17.0. The SMILES string of the molecule is C[C@@H](C(=O)N1CCN(c2ccc(S(=O)(=O)Nc3nc(C(F)(F)F)cs3)cc2)CC1)N1CCCc2cc(F)ccc21. The van der Waals surface area contributed by atoms with Crippen molar-refractivity contribution in [3.63, 3.8) is 0 Å². The van der Waals surface area contributed by atoms with E-state index in [0.29, 0.717) is 37.5 Å². The first-order valence-electron chi connectivity index (χ1n) is 12.7. The van der Waals surface area contributed by atoms with E-state index < -0.39 is 27.9 Å². The minimum Gasteiger partial charge on any atom is -0.368 e. The molecular formula is C26H27F4N5O3S2. The molecule has 3 aromatic rings. The average Bonchev–Trinajstić information content (AvgIpc) is 3.40. The first-order chi connectivity index (χ1) is 18.9.